The third-order valence-corrected chi connectivity index (χ3v) is 3.90. The number of hydrogen-bond acceptors (Lipinski definition) is 1. The van der Waals surface area contributed by atoms with Gasteiger partial charge in [0.15, 0.2) is 0 Å². The van der Waals surface area contributed by atoms with E-state index in [2.05, 4.69) is 45.3 Å². The van der Waals surface area contributed by atoms with Crippen molar-refractivity contribution in [3.8, 4) is 0 Å². The molecule has 0 fully saturated rings. The van der Waals surface area contributed by atoms with E-state index in [1.807, 2.05) is 0 Å². The summed E-state index contributed by atoms with van der Waals surface area (Å²) in [5.41, 5.74) is 4.24. The summed E-state index contributed by atoms with van der Waals surface area (Å²) in [6.45, 7) is 4.34. The zero-order chi connectivity index (χ0) is 11.1. The fourth-order valence-corrected chi connectivity index (χ4v) is 2.95. The first-order valence-electron chi connectivity index (χ1n) is 6.23. The fourth-order valence-electron chi connectivity index (χ4n) is 2.95. The van der Waals surface area contributed by atoms with Crippen LogP contribution in [0.3, 0.4) is 0 Å². The molecule has 1 nitrogen and oxygen atoms in total. The number of aliphatic imine (C=N–C) groups is 1. The summed E-state index contributed by atoms with van der Waals surface area (Å²) in [6.07, 6.45) is 11.7. The van der Waals surface area contributed by atoms with Crippen molar-refractivity contribution < 1.29 is 0 Å². The van der Waals surface area contributed by atoms with Gasteiger partial charge < -0.3 is 0 Å². The molecule has 3 atom stereocenters. The van der Waals surface area contributed by atoms with Crippen LogP contribution in [-0.4, -0.2) is 19.0 Å². The van der Waals surface area contributed by atoms with Gasteiger partial charge in [-0.1, -0.05) is 42.5 Å². The van der Waals surface area contributed by atoms with Crippen LogP contribution in [0.25, 0.3) is 0 Å². The Hall–Kier alpha value is -1.05. The van der Waals surface area contributed by atoms with E-state index < -0.39 is 0 Å². The topological polar surface area (TPSA) is 12.4 Å². The first-order chi connectivity index (χ1) is 7.78. The largest absolute Gasteiger partial charge is 0.281 e. The highest BCUT2D eigenvalue weighted by molar-refractivity contribution is 6.37. The highest BCUT2D eigenvalue weighted by Gasteiger charge is 2.34. The molecule has 0 aromatic carbocycles. The van der Waals surface area contributed by atoms with E-state index in [0.717, 1.165) is 6.42 Å². The van der Waals surface area contributed by atoms with Gasteiger partial charge in [-0.3, -0.25) is 4.99 Å². The Morgan fingerprint density at radius 2 is 2.25 bits per heavy atom. The molecule has 3 aliphatic rings. The maximum atomic E-state index is 4.84. The van der Waals surface area contributed by atoms with Crippen LogP contribution >= 0.6 is 0 Å². The Morgan fingerprint density at radius 3 is 3.06 bits per heavy atom. The van der Waals surface area contributed by atoms with Crippen LogP contribution in [0.4, 0.5) is 0 Å². The first-order valence-corrected chi connectivity index (χ1v) is 6.23. The van der Waals surface area contributed by atoms with Gasteiger partial charge in [0.2, 0.25) is 0 Å². The summed E-state index contributed by atoms with van der Waals surface area (Å²) in [7, 11) is 2.31. The molecular formula is C14H17BN. The Labute approximate surface area is 98.3 Å². The molecule has 0 bridgehead atoms. The molecule has 0 aromatic heterocycles. The van der Waals surface area contributed by atoms with Gasteiger partial charge in [-0.15, -0.1) is 0 Å². The van der Waals surface area contributed by atoms with Gasteiger partial charge in [0, 0.05) is 11.6 Å². The molecule has 1 heterocycles. The lowest BCUT2D eigenvalue weighted by Crippen LogP contribution is -2.18. The molecule has 0 N–H and O–H groups in total. The Balaban J connectivity index is 1.97. The second-order valence-electron chi connectivity index (χ2n) is 5.02. The lowest BCUT2D eigenvalue weighted by atomic mass is 9.61. The molecule has 0 aromatic rings. The van der Waals surface area contributed by atoms with Gasteiger partial charge in [-0.05, 0) is 25.3 Å². The normalized spacial score (nSPS) is 35.9. The average molecular weight is 210 g/mol. The van der Waals surface area contributed by atoms with Crippen LogP contribution in [0.2, 0.25) is 12.6 Å². The minimum atomic E-state index is 0.389. The number of fused-ring (bicyclic) bond motifs is 3. The van der Waals surface area contributed by atoms with E-state index in [1.54, 1.807) is 0 Å². The molecule has 0 saturated heterocycles. The molecule has 81 valence electrons. The van der Waals surface area contributed by atoms with Crippen LogP contribution in [0, 0.1) is 5.92 Å². The minimum Gasteiger partial charge on any atom is -0.281 e. The average Bonchev–Trinajstić information content (AvgIpc) is 2.66. The lowest BCUT2D eigenvalue weighted by molar-refractivity contribution is 0.694. The van der Waals surface area contributed by atoms with Gasteiger partial charge in [-0.2, -0.15) is 0 Å². The zero-order valence-electron chi connectivity index (χ0n) is 9.98. The van der Waals surface area contributed by atoms with E-state index in [1.165, 1.54) is 23.3 Å². The van der Waals surface area contributed by atoms with Gasteiger partial charge in [0.05, 0.1) is 6.04 Å². The molecule has 0 amide bonds. The fraction of sp³-hybridized carbons (Fsp3) is 0.500. The highest BCUT2D eigenvalue weighted by atomic mass is 14.9. The van der Waals surface area contributed by atoms with E-state index in [4.69, 9.17) is 4.99 Å². The number of hydrogen-bond donors (Lipinski definition) is 0. The third kappa shape index (κ3) is 1.52. The Kier molecular flexibility index (Phi) is 2.38. The number of allylic oxidation sites excluding steroid dienone is 3. The summed E-state index contributed by atoms with van der Waals surface area (Å²) in [6, 6.07) is 0.389. The van der Waals surface area contributed by atoms with Crippen molar-refractivity contribution in [1.82, 2.24) is 0 Å². The standard InChI is InChI=1S/C14H17BN/c1-9-3-5-13-11(7-9)12-8-10(15-2)4-6-14(12)16-13/h3,5,7-8,10-11,13H,4,6H2,1-2H3. The predicted octanol–water partition coefficient (Wildman–Crippen LogP) is 3.20. The van der Waals surface area contributed by atoms with Crippen molar-refractivity contribution in [2.45, 2.75) is 38.4 Å². The van der Waals surface area contributed by atoms with Crippen LogP contribution in [-0.2, 0) is 0 Å². The van der Waals surface area contributed by atoms with E-state index >= 15 is 0 Å². The second-order valence-corrected chi connectivity index (χ2v) is 5.02. The van der Waals surface area contributed by atoms with Crippen molar-refractivity contribution in [3.63, 3.8) is 0 Å². The summed E-state index contributed by atoms with van der Waals surface area (Å²) in [4.78, 5) is 4.84. The molecule has 0 saturated carbocycles. The first kappa shape index (κ1) is 10.1. The van der Waals surface area contributed by atoms with Crippen molar-refractivity contribution >= 4 is 13.0 Å². The summed E-state index contributed by atoms with van der Waals surface area (Å²) in [5, 5.41) is 0. The maximum Gasteiger partial charge on any atom is 0.115 e. The highest BCUT2D eigenvalue weighted by Crippen LogP contribution is 2.39. The van der Waals surface area contributed by atoms with Gasteiger partial charge in [0.1, 0.15) is 7.28 Å². The SMILES string of the molecule is C[B]C1C=C2C(=NC3C=CC(C)=CC23)CC1. The van der Waals surface area contributed by atoms with Crippen molar-refractivity contribution in [2.24, 2.45) is 10.9 Å². The lowest BCUT2D eigenvalue weighted by Gasteiger charge is -2.23. The summed E-state index contributed by atoms with van der Waals surface area (Å²) >= 11 is 0. The van der Waals surface area contributed by atoms with Crippen LogP contribution < -0.4 is 0 Å². The monoisotopic (exact) mass is 210 g/mol. The Bertz CT molecular complexity index is 428. The minimum absolute atomic E-state index is 0.389. The van der Waals surface area contributed by atoms with Crippen LogP contribution in [0.5, 0.6) is 0 Å². The Morgan fingerprint density at radius 1 is 1.38 bits per heavy atom. The van der Waals surface area contributed by atoms with Crippen LogP contribution in [0.15, 0.2) is 40.4 Å². The van der Waals surface area contributed by atoms with Gasteiger partial charge in [-0.25, -0.2) is 0 Å². The van der Waals surface area contributed by atoms with Gasteiger partial charge >= 0.3 is 0 Å². The molecule has 3 unspecified atom stereocenters. The number of rotatable bonds is 1. The van der Waals surface area contributed by atoms with Crippen molar-refractivity contribution in [3.05, 3.63) is 35.5 Å². The molecule has 16 heavy (non-hydrogen) atoms. The van der Waals surface area contributed by atoms with Gasteiger partial charge in [0.25, 0.3) is 0 Å². The van der Waals surface area contributed by atoms with Crippen LogP contribution in [0.1, 0.15) is 19.8 Å². The number of nitrogens with zero attached hydrogens (tertiary/aromatic N) is 1. The molecule has 3 rings (SSSR count). The zero-order valence-corrected chi connectivity index (χ0v) is 9.98. The second kappa shape index (κ2) is 3.76. The molecule has 2 heteroatoms. The molecule has 1 radical (unpaired) electrons. The predicted molar refractivity (Wildman–Crippen MR) is 70.3 cm³/mol. The van der Waals surface area contributed by atoms with Crippen molar-refractivity contribution in [1.29, 1.82) is 0 Å². The molecule has 0 spiro atoms. The molecular weight excluding hydrogens is 193 g/mol. The maximum absolute atomic E-state index is 4.84. The molecule has 2 aliphatic carbocycles. The van der Waals surface area contributed by atoms with E-state index in [-0.39, 0.29) is 0 Å². The van der Waals surface area contributed by atoms with E-state index in [0.29, 0.717) is 17.8 Å². The molecule has 1 aliphatic heterocycles. The quantitative estimate of drug-likeness (QED) is 0.589. The smallest absolute Gasteiger partial charge is 0.115 e. The van der Waals surface area contributed by atoms with E-state index in [9.17, 15) is 0 Å². The summed E-state index contributed by atoms with van der Waals surface area (Å²) < 4.78 is 0. The summed E-state index contributed by atoms with van der Waals surface area (Å²) in [5.74, 6) is 1.19. The third-order valence-electron chi connectivity index (χ3n) is 3.90. The van der Waals surface area contributed by atoms with Crippen molar-refractivity contribution in [2.75, 3.05) is 0 Å².